The second kappa shape index (κ2) is 3.08. The highest BCUT2D eigenvalue weighted by Gasteiger charge is 2.08. The van der Waals surface area contributed by atoms with Gasteiger partial charge in [-0.15, -0.1) is 0 Å². The van der Waals surface area contributed by atoms with E-state index in [1.807, 2.05) is 6.92 Å². The Hall–Kier alpha value is -0.470. The van der Waals surface area contributed by atoms with E-state index in [1.165, 1.54) is 6.26 Å². The zero-order valence-electron chi connectivity index (χ0n) is 5.80. The first-order chi connectivity index (χ1) is 4.75. The Morgan fingerprint density at radius 1 is 1.70 bits per heavy atom. The molecule has 0 saturated heterocycles. The highest BCUT2D eigenvalue weighted by atomic mass is 35.5. The SMILES string of the molecule is CC[C@H](N)c1cocc1Cl. The largest absolute Gasteiger partial charge is 0.471 e. The molecule has 0 aliphatic heterocycles. The summed E-state index contributed by atoms with van der Waals surface area (Å²) in [4.78, 5) is 0. The third kappa shape index (κ3) is 1.33. The summed E-state index contributed by atoms with van der Waals surface area (Å²) in [5.41, 5.74) is 6.59. The van der Waals surface area contributed by atoms with Gasteiger partial charge < -0.3 is 10.2 Å². The van der Waals surface area contributed by atoms with Crippen molar-refractivity contribution in [3.8, 4) is 0 Å². The minimum Gasteiger partial charge on any atom is -0.471 e. The molecule has 0 aliphatic carbocycles. The second-order valence-corrected chi connectivity index (χ2v) is 2.60. The van der Waals surface area contributed by atoms with E-state index in [0.717, 1.165) is 12.0 Å². The van der Waals surface area contributed by atoms with Crippen molar-refractivity contribution in [3.05, 3.63) is 23.1 Å². The summed E-state index contributed by atoms with van der Waals surface area (Å²) in [5.74, 6) is 0. The fourth-order valence-electron chi connectivity index (χ4n) is 0.776. The van der Waals surface area contributed by atoms with Crippen molar-refractivity contribution in [2.45, 2.75) is 19.4 Å². The summed E-state index contributed by atoms with van der Waals surface area (Å²) < 4.78 is 4.86. The Bertz CT molecular complexity index is 209. The van der Waals surface area contributed by atoms with Crippen LogP contribution in [0.1, 0.15) is 24.9 Å². The summed E-state index contributed by atoms with van der Waals surface area (Å²) in [6.45, 7) is 2.01. The molecule has 0 unspecified atom stereocenters. The number of halogens is 1. The van der Waals surface area contributed by atoms with Crippen molar-refractivity contribution in [2.24, 2.45) is 5.73 Å². The van der Waals surface area contributed by atoms with E-state index >= 15 is 0 Å². The molecule has 1 atom stereocenters. The third-order valence-corrected chi connectivity index (χ3v) is 1.79. The standard InChI is InChI=1S/C7H10ClNO/c1-2-7(9)5-3-10-4-6(5)8/h3-4,7H,2,9H2,1H3/t7-/m0/s1. The van der Waals surface area contributed by atoms with Crippen LogP contribution in [0.2, 0.25) is 5.02 Å². The van der Waals surface area contributed by atoms with Gasteiger partial charge in [-0.2, -0.15) is 0 Å². The van der Waals surface area contributed by atoms with E-state index in [1.54, 1.807) is 6.26 Å². The molecular formula is C7H10ClNO. The maximum absolute atomic E-state index is 5.74. The minimum absolute atomic E-state index is 0.00579. The molecule has 0 fully saturated rings. The molecule has 1 heterocycles. The van der Waals surface area contributed by atoms with Gasteiger partial charge in [0.1, 0.15) is 6.26 Å². The Balaban J connectivity index is 2.82. The van der Waals surface area contributed by atoms with Gasteiger partial charge in [0.2, 0.25) is 0 Å². The number of furan rings is 1. The van der Waals surface area contributed by atoms with Gasteiger partial charge in [0.05, 0.1) is 11.3 Å². The van der Waals surface area contributed by atoms with Crippen molar-refractivity contribution in [2.75, 3.05) is 0 Å². The Labute approximate surface area is 65.0 Å². The van der Waals surface area contributed by atoms with E-state index in [0.29, 0.717) is 5.02 Å². The van der Waals surface area contributed by atoms with Gasteiger partial charge in [0.25, 0.3) is 0 Å². The Morgan fingerprint density at radius 2 is 2.40 bits per heavy atom. The predicted molar refractivity (Wildman–Crippen MR) is 40.9 cm³/mol. The Kier molecular flexibility index (Phi) is 2.35. The molecule has 0 spiro atoms. The highest BCUT2D eigenvalue weighted by molar-refractivity contribution is 6.31. The number of hydrogen-bond acceptors (Lipinski definition) is 2. The zero-order valence-corrected chi connectivity index (χ0v) is 6.56. The molecule has 10 heavy (non-hydrogen) atoms. The summed E-state index contributed by atoms with van der Waals surface area (Å²) in [7, 11) is 0. The van der Waals surface area contributed by atoms with Gasteiger partial charge in [0.15, 0.2) is 0 Å². The lowest BCUT2D eigenvalue weighted by Gasteiger charge is -2.04. The van der Waals surface area contributed by atoms with E-state index in [4.69, 9.17) is 21.8 Å². The summed E-state index contributed by atoms with van der Waals surface area (Å²) in [5, 5.41) is 0.620. The van der Waals surface area contributed by atoms with Crippen LogP contribution in [0.4, 0.5) is 0 Å². The van der Waals surface area contributed by atoms with E-state index in [2.05, 4.69) is 0 Å². The normalized spacial score (nSPS) is 13.5. The molecule has 2 N–H and O–H groups in total. The van der Waals surface area contributed by atoms with Crippen LogP contribution in [-0.2, 0) is 0 Å². The van der Waals surface area contributed by atoms with Crippen LogP contribution in [0.15, 0.2) is 16.9 Å². The molecule has 3 heteroatoms. The Morgan fingerprint density at radius 3 is 2.80 bits per heavy atom. The molecule has 0 saturated carbocycles. The number of hydrogen-bond donors (Lipinski definition) is 1. The van der Waals surface area contributed by atoms with E-state index < -0.39 is 0 Å². The van der Waals surface area contributed by atoms with Crippen LogP contribution in [0.25, 0.3) is 0 Å². The molecule has 0 amide bonds. The lowest BCUT2D eigenvalue weighted by Crippen LogP contribution is -2.07. The minimum atomic E-state index is 0.00579. The maximum Gasteiger partial charge on any atom is 0.109 e. The van der Waals surface area contributed by atoms with Crippen LogP contribution in [0.3, 0.4) is 0 Å². The van der Waals surface area contributed by atoms with Crippen LogP contribution in [0.5, 0.6) is 0 Å². The van der Waals surface area contributed by atoms with Gasteiger partial charge >= 0.3 is 0 Å². The van der Waals surface area contributed by atoms with Crippen molar-refractivity contribution >= 4 is 11.6 Å². The molecule has 1 rings (SSSR count). The van der Waals surface area contributed by atoms with Crippen molar-refractivity contribution < 1.29 is 4.42 Å². The molecule has 0 aliphatic rings. The first-order valence-electron chi connectivity index (χ1n) is 3.23. The average Bonchev–Trinajstić information content (AvgIpc) is 2.34. The summed E-state index contributed by atoms with van der Waals surface area (Å²) >= 11 is 5.74. The van der Waals surface area contributed by atoms with E-state index in [-0.39, 0.29) is 6.04 Å². The van der Waals surface area contributed by atoms with Crippen LogP contribution < -0.4 is 5.73 Å². The van der Waals surface area contributed by atoms with Crippen LogP contribution >= 0.6 is 11.6 Å². The molecule has 2 nitrogen and oxygen atoms in total. The first-order valence-corrected chi connectivity index (χ1v) is 3.60. The maximum atomic E-state index is 5.74. The molecule has 56 valence electrons. The lowest BCUT2D eigenvalue weighted by molar-refractivity contribution is 0.557. The highest BCUT2D eigenvalue weighted by Crippen LogP contribution is 2.23. The smallest absolute Gasteiger partial charge is 0.109 e. The van der Waals surface area contributed by atoms with Gasteiger partial charge in [-0.3, -0.25) is 0 Å². The molecule has 0 radical (unpaired) electrons. The fraction of sp³-hybridized carbons (Fsp3) is 0.429. The topological polar surface area (TPSA) is 39.2 Å². The van der Waals surface area contributed by atoms with Crippen molar-refractivity contribution in [1.29, 1.82) is 0 Å². The van der Waals surface area contributed by atoms with Gasteiger partial charge in [0, 0.05) is 11.6 Å². The first kappa shape index (κ1) is 7.63. The summed E-state index contributed by atoms with van der Waals surface area (Å²) in [6, 6.07) is 0.00579. The molecule has 1 aromatic heterocycles. The summed E-state index contributed by atoms with van der Waals surface area (Å²) in [6.07, 6.45) is 3.96. The second-order valence-electron chi connectivity index (χ2n) is 2.19. The molecule has 1 aromatic rings. The average molecular weight is 160 g/mol. The quantitative estimate of drug-likeness (QED) is 0.720. The van der Waals surface area contributed by atoms with E-state index in [9.17, 15) is 0 Å². The molecular weight excluding hydrogens is 150 g/mol. The van der Waals surface area contributed by atoms with Crippen molar-refractivity contribution in [1.82, 2.24) is 0 Å². The van der Waals surface area contributed by atoms with Gasteiger partial charge in [-0.25, -0.2) is 0 Å². The van der Waals surface area contributed by atoms with Gasteiger partial charge in [-0.05, 0) is 6.42 Å². The van der Waals surface area contributed by atoms with Crippen LogP contribution in [0, 0.1) is 0 Å². The number of nitrogens with two attached hydrogens (primary N) is 1. The number of rotatable bonds is 2. The van der Waals surface area contributed by atoms with Gasteiger partial charge in [-0.1, -0.05) is 18.5 Å². The lowest BCUT2D eigenvalue weighted by atomic mass is 10.1. The molecule has 0 aromatic carbocycles. The third-order valence-electron chi connectivity index (χ3n) is 1.48. The fourth-order valence-corrected chi connectivity index (χ4v) is 1.01. The predicted octanol–water partition coefficient (Wildman–Crippen LogP) is 2.34. The monoisotopic (exact) mass is 159 g/mol. The molecule has 0 bridgehead atoms. The van der Waals surface area contributed by atoms with Crippen LogP contribution in [-0.4, -0.2) is 0 Å². The zero-order chi connectivity index (χ0) is 7.56. The van der Waals surface area contributed by atoms with Crippen molar-refractivity contribution in [3.63, 3.8) is 0 Å².